The van der Waals surface area contributed by atoms with Crippen LogP contribution in [0, 0.1) is 0 Å². The molecule has 0 spiro atoms. The highest BCUT2D eigenvalue weighted by molar-refractivity contribution is 5.45. The van der Waals surface area contributed by atoms with Gasteiger partial charge in [-0.1, -0.05) is 0 Å². The number of benzene rings is 1. The molecule has 0 amide bonds. The van der Waals surface area contributed by atoms with Crippen molar-refractivity contribution in [2.45, 2.75) is 5.92 Å². The molecule has 5 heteroatoms. The smallest absolute Gasteiger partial charge is 0.314 e. The number of hydrogen-bond donors (Lipinski definition) is 1. The SMILES string of the molecule is Oc1ccc2c(c1)OCC(F)(F)CO2. The first-order valence-corrected chi connectivity index (χ1v) is 4.03. The summed E-state index contributed by atoms with van der Waals surface area (Å²) < 4.78 is 35.3. The molecule has 1 heterocycles. The van der Waals surface area contributed by atoms with Gasteiger partial charge >= 0.3 is 5.92 Å². The Morgan fingerprint density at radius 1 is 1.14 bits per heavy atom. The van der Waals surface area contributed by atoms with Crippen LogP contribution in [0.1, 0.15) is 0 Å². The summed E-state index contributed by atoms with van der Waals surface area (Å²) in [6, 6.07) is 3.99. The lowest BCUT2D eigenvalue weighted by atomic mass is 10.3. The zero-order chi connectivity index (χ0) is 10.2. The van der Waals surface area contributed by atoms with Gasteiger partial charge in [-0.2, -0.15) is 8.78 Å². The van der Waals surface area contributed by atoms with Crippen molar-refractivity contribution < 1.29 is 23.4 Å². The van der Waals surface area contributed by atoms with E-state index in [2.05, 4.69) is 0 Å². The van der Waals surface area contributed by atoms with Gasteiger partial charge in [-0.15, -0.1) is 0 Å². The molecule has 0 bridgehead atoms. The number of halogens is 2. The van der Waals surface area contributed by atoms with E-state index in [1.54, 1.807) is 0 Å². The van der Waals surface area contributed by atoms with Gasteiger partial charge in [0.1, 0.15) is 5.75 Å². The van der Waals surface area contributed by atoms with Crippen LogP contribution in [-0.4, -0.2) is 24.2 Å². The molecule has 0 radical (unpaired) electrons. The van der Waals surface area contributed by atoms with Gasteiger partial charge in [0.15, 0.2) is 24.7 Å². The molecule has 3 nitrogen and oxygen atoms in total. The molecule has 0 fully saturated rings. The molecule has 0 aliphatic carbocycles. The van der Waals surface area contributed by atoms with E-state index < -0.39 is 19.1 Å². The highest BCUT2D eigenvalue weighted by Crippen LogP contribution is 2.35. The van der Waals surface area contributed by atoms with Crippen molar-refractivity contribution in [3.8, 4) is 17.2 Å². The highest BCUT2D eigenvalue weighted by Gasteiger charge is 2.34. The predicted octanol–water partition coefficient (Wildman–Crippen LogP) is 1.80. The Morgan fingerprint density at radius 3 is 2.50 bits per heavy atom. The van der Waals surface area contributed by atoms with E-state index in [0.29, 0.717) is 0 Å². The summed E-state index contributed by atoms with van der Waals surface area (Å²) in [4.78, 5) is 0. The van der Waals surface area contributed by atoms with Gasteiger partial charge < -0.3 is 14.6 Å². The van der Waals surface area contributed by atoms with Crippen molar-refractivity contribution in [3.05, 3.63) is 18.2 Å². The summed E-state index contributed by atoms with van der Waals surface area (Å²) in [6.45, 7) is -1.44. The number of phenolic OH excluding ortho intramolecular Hbond substituents is 1. The molecule has 1 aromatic rings. The second-order valence-electron chi connectivity index (χ2n) is 3.06. The molecule has 0 saturated heterocycles. The van der Waals surface area contributed by atoms with Crippen LogP contribution in [0.2, 0.25) is 0 Å². The fourth-order valence-electron chi connectivity index (χ4n) is 1.14. The third-order valence-corrected chi connectivity index (χ3v) is 1.80. The third-order valence-electron chi connectivity index (χ3n) is 1.80. The Bertz CT molecular complexity index is 352. The van der Waals surface area contributed by atoms with Gasteiger partial charge in [-0.25, -0.2) is 0 Å². The Hall–Kier alpha value is -1.52. The first-order valence-electron chi connectivity index (χ1n) is 4.03. The van der Waals surface area contributed by atoms with Gasteiger partial charge in [0, 0.05) is 6.07 Å². The van der Waals surface area contributed by atoms with E-state index in [0.717, 1.165) is 0 Å². The Labute approximate surface area is 78.9 Å². The average Bonchev–Trinajstić information content (AvgIpc) is 2.26. The molecule has 0 unspecified atom stereocenters. The second-order valence-corrected chi connectivity index (χ2v) is 3.06. The highest BCUT2D eigenvalue weighted by atomic mass is 19.3. The number of aromatic hydroxyl groups is 1. The third kappa shape index (κ3) is 1.71. The number of phenols is 1. The van der Waals surface area contributed by atoms with E-state index >= 15 is 0 Å². The molecule has 1 aromatic carbocycles. The maximum Gasteiger partial charge on any atom is 0.314 e. The normalized spacial score (nSPS) is 18.7. The van der Waals surface area contributed by atoms with Crippen molar-refractivity contribution >= 4 is 0 Å². The second kappa shape index (κ2) is 3.01. The van der Waals surface area contributed by atoms with Gasteiger partial charge in [-0.05, 0) is 12.1 Å². The van der Waals surface area contributed by atoms with E-state index in [9.17, 15) is 8.78 Å². The Morgan fingerprint density at radius 2 is 1.79 bits per heavy atom. The molecule has 1 aliphatic heterocycles. The summed E-state index contributed by atoms with van der Waals surface area (Å²) in [5.41, 5.74) is 0. The van der Waals surface area contributed by atoms with Gasteiger partial charge in [0.25, 0.3) is 0 Å². The van der Waals surface area contributed by atoms with Crippen molar-refractivity contribution in [2.24, 2.45) is 0 Å². The Kier molecular flexibility index (Phi) is 1.94. The fraction of sp³-hybridized carbons (Fsp3) is 0.333. The fourth-order valence-corrected chi connectivity index (χ4v) is 1.14. The van der Waals surface area contributed by atoms with Crippen molar-refractivity contribution in [1.82, 2.24) is 0 Å². The molecular formula is C9H8F2O3. The summed E-state index contributed by atoms with van der Waals surface area (Å²) in [6.07, 6.45) is 0. The Balaban J connectivity index is 2.30. The van der Waals surface area contributed by atoms with Crippen LogP contribution >= 0.6 is 0 Å². The quantitative estimate of drug-likeness (QED) is 0.697. The minimum Gasteiger partial charge on any atom is -0.508 e. The summed E-state index contributed by atoms with van der Waals surface area (Å²) in [5.74, 6) is -2.67. The summed E-state index contributed by atoms with van der Waals surface area (Å²) in [7, 11) is 0. The number of alkyl halides is 2. The van der Waals surface area contributed by atoms with Crippen LogP contribution in [0.25, 0.3) is 0 Å². The summed E-state index contributed by atoms with van der Waals surface area (Å²) in [5, 5.41) is 9.09. The standard InChI is InChI=1S/C9H8F2O3/c10-9(11)4-13-7-2-1-6(12)3-8(7)14-5-9/h1-3,12H,4-5H2. The number of ether oxygens (including phenoxy) is 2. The van der Waals surface area contributed by atoms with Crippen LogP contribution in [0.15, 0.2) is 18.2 Å². The van der Waals surface area contributed by atoms with Crippen LogP contribution in [0.3, 0.4) is 0 Å². The molecule has 76 valence electrons. The van der Waals surface area contributed by atoms with Crippen LogP contribution in [0.5, 0.6) is 17.2 Å². The summed E-state index contributed by atoms with van der Waals surface area (Å²) >= 11 is 0. The minimum absolute atomic E-state index is 0.0439. The first kappa shape index (κ1) is 9.05. The lowest BCUT2D eigenvalue weighted by Gasteiger charge is -2.10. The molecule has 1 aliphatic rings. The molecule has 1 N–H and O–H groups in total. The predicted molar refractivity (Wildman–Crippen MR) is 44.0 cm³/mol. The van der Waals surface area contributed by atoms with Gasteiger partial charge in [-0.3, -0.25) is 0 Å². The molecule has 0 aromatic heterocycles. The molecule has 0 atom stereocenters. The van der Waals surface area contributed by atoms with Gasteiger partial charge in [0.2, 0.25) is 0 Å². The molecular weight excluding hydrogens is 194 g/mol. The van der Waals surface area contributed by atoms with Crippen molar-refractivity contribution in [3.63, 3.8) is 0 Å². The van der Waals surface area contributed by atoms with Gasteiger partial charge in [0.05, 0.1) is 0 Å². The zero-order valence-electron chi connectivity index (χ0n) is 7.17. The van der Waals surface area contributed by atoms with Crippen LogP contribution < -0.4 is 9.47 Å². The molecule has 0 saturated carbocycles. The number of hydrogen-bond acceptors (Lipinski definition) is 3. The lowest BCUT2D eigenvalue weighted by Crippen LogP contribution is -2.30. The minimum atomic E-state index is -2.99. The van der Waals surface area contributed by atoms with E-state index in [1.807, 2.05) is 0 Å². The molecule has 14 heavy (non-hydrogen) atoms. The van der Waals surface area contributed by atoms with Crippen LogP contribution in [-0.2, 0) is 0 Å². The topological polar surface area (TPSA) is 38.7 Å². The lowest BCUT2D eigenvalue weighted by molar-refractivity contribution is -0.0622. The maximum atomic E-state index is 12.8. The van der Waals surface area contributed by atoms with E-state index in [-0.39, 0.29) is 17.2 Å². The molecule has 2 rings (SSSR count). The zero-order valence-corrected chi connectivity index (χ0v) is 7.17. The monoisotopic (exact) mass is 202 g/mol. The largest absolute Gasteiger partial charge is 0.508 e. The van der Waals surface area contributed by atoms with Crippen molar-refractivity contribution in [2.75, 3.05) is 13.2 Å². The van der Waals surface area contributed by atoms with E-state index in [4.69, 9.17) is 14.6 Å². The van der Waals surface area contributed by atoms with Crippen LogP contribution in [0.4, 0.5) is 8.78 Å². The first-order chi connectivity index (χ1) is 6.57. The number of rotatable bonds is 0. The average molecular weight is 202 g/mol. The van der Waals surface area contributed by atoms with E-state index in [1.165, 1.54) is 18.2 Å². The number of fused-ring (bicyclic) bond motifs is 1. The van der Waals surface area contributed by atoms with Crippen molar-refractivity contribution in [1.29, 1.82) is 0 Å². The maximum absolute atomic E-state index is 12.8.